The number of carbonyl (C=O) groups is 2. The molecule has 2 rings (SSSR count). The van der Waals surface area contributed by atoms with Crippen molar-refractivity contribution in [1.82, 2.24) is 10.2 Å². The summed E-state index contributed by atoms with van der Waals surface area (Å²) in [6, 6.07) is 3.94. The summed E-state index contributed by atoms with van der Waals surface area (Å²) < 4.78 is 13.7. The van der Waals surface area contributed by atoms with Crippen LogP contribution in [0.1, 0.15) is 23.2 Å². The zero-order chi connectivity index (χ0) is 15.9. The molecule has 1 heterocycles. The first-order valence-electron chi connectivity index (χ1n) is 7.16. The molecule has 1 aliphatic heterocycles. The molecule has 7 heteroatoms. The largest absolute Gasteiger partial charge is 0.351 e. The molecule has 1 saturated heterocycles. The summed E-state index contributed by atoms with van der Waals surface area (Å²) in [7, 11) is 0. The van der Waals surface area contributed by atoms with Gasteiger partial charge in [0.1, 0.15) is 5.82 Å². The van der Waals surface area contributed by atoms with Crippen LogP contribution >= 0.6 is 27.7 Å². The van der Waals surface area contributed by atoms with Crippen molar-refractivity contribution in [2.75, 3.05) is 31.1 Å². The lowest BCUT2D eigenvalue weighted by molar-refractivity contribution is -0.130. The van der Waals surface area contributed by atoms with Crippen LogP contribution in [-0.2, 0) is 4.79 Å². The number of benzene rings is 1. The van der Waals surface area contributed by atoms with Gasteiger partial charge in [-0.15, -0.1) is 0 Å². The first-order valence-corrected chi connectivity index (χ1v) is 9.11. The van der Waals surface area contributed by atoms with Crippen LogP contribution in [0.2, 0.25) is 0 Å². The smallest absolute Gasteiger partial charge is 0.252 e. The fourth-order valence-corrected chi connectivity index (χ4v) is 3.52. The van der Waals surface area contributed by atoms with Gasteiger partial charge in [0.25, 0.3) is 5.91 Å². The molecule has 0 aliphatic carbocycles. The first-order chi connectivity index (χ1) is 10.6. The van der Waals surface area contributed by atoms with Crippen LogP contribution in [-0.4, -0.2) is 47.9 Å². The van der Waals surface area contributed by atoms with Crippen molar-refractivity contribution in [1.29, 1.82) is 0 Å². The van der Waals surface area contributed by atoms with Crippen molar-refractivity contribution in [3.8, 4) is 0 Å². The van der Waals surface area contributed by atoms with Crippen LogP contribution in [0.25, 0.3) is 0 Å². The molecule has 120 valence electrons. The number of amides is 2. The van der Waals surface area contributed by atoms with Crippen molar-refractivity contribution in [3.63, 3.8) is 0 Å². The van der Waals surface area contributed by atoms with E-state index < -0.39 is 5.82 Å². The highest BCUT2D eigenvalue weighted by Gasteiger charge is 2.16. The number of nitrogens with zero attached hydrogens (tertiary/aromatic N) is 1. The van der Waals surface area contributed by atoms with Crippen LogP contribution in [0.5, 0.6) is 0 Å². The minimum atomic E-state index is -0.466. The quantitative estimate of drug-likeness (QED) is 0.862. The van der Waals surface area contributed by atoms with Crippen molar-refractivity contribution < 1.29 is 14.0 Å². The predicted octanol–water partition coefficient (Wildman–Crippen LogP) is 2.67. The third kappa shape index (κ3) is 4.98. The Balaban J connectivity index is 1.81. The first kappa shape index (κ1) is 17.3. The van der Waals surface area contributed by atoms with E-state index in [0.29, 0.717) is 4.47 Å². The van der Waals surface area contributed by atoms with Gasteiger partial charge in [0, 0.05) is 36.3 Å². The summed E-state index contributed by atoms with van der Waals surface area (Å²) in [5, 5.41) is 2.66. The molecule has 22 heavy (non-hydrogen) atoms. The third-order valence-electron chi connectivity index (χ3n) is 3.37. The Bertz CT molecular complexity index is 548. The van der Waals surface area contributed by atoms with E-state index in [2.05, 4.69) is 21.2 Å². The zero-order valence-corrected chi connectivity index (χ0v) is 14.5. The maximum atomic E-state index is 13.2. The summed E-state index contributed by atoms with van der Waals surface area (Å²) in [5.41, 5.74) is 0.235. The Hall–Kier alpha value is -1.08. The highest BCUT2D eigenvalue weighted by atomic mass is 79.9. The second kappa shape index (κ2) is 8.53. The topological polar surface area (TPSA) is 49.4 Å². The van der Waals surface area contributed by atoms with E-state index in [-0.39, 0.29) is 30.3 Å². The summed E-state index contributed by atoms with van der Waals surface area (Å²) in [6.45, 7) is 1.81. The molecule has 0 spiro atoms. The van der Waals surface area contributed by atoms with Crippen molar-refractivity contribution in [3.05, 3.63) is 34.1 Å². The number of hydrogen-bond donors (Lipinski definition) is 1. The number of hydrogen-bond acceptors (Lipinski definition) is 3. The molecule has 1 aromatic carbocycles. The summed E-state index contributed by atoms with van der Waals surface area (Å²) in [5.74, 6) is 1.26. The van der Waals surface area contributed by atoms with Crippen LogP contribution in [0.15, 0.2) is 22.7 Å². The van der Waals surface area contributed by atoms with Crippen molar-refractivity contribution in [2.45, 2.75) is 12.8 Å². The van der Waals surface area contributed by atoms with Gasteiger partial charge in [-0.3, -0.25) is 9.59 Å². The standard InChI is InChI=1S/C15H18BrFN2O2S/c16-13-3-2-11(17)10-12(13)15(21)18-5-4-14(20)19-6-1-8-22-9-7-19/h2-3,10H,1,4-9H2,(H,18,21). The zero-order valence-electron chi connectivity index (χ0n) is 12.1. The molecule has 1 aliphatic rings. The highest BCUT2D eigenvalue weighted by molar-refractivity contribution is 9.10. The minimum Gasteiger partial charge on any atom is -0.351 e. The molecule has 1 aromatic rings. The summed E-state index contributed by atoms with van der Waals surface area (Å²) in [6.07, 6.45) is 1.28. The number of halogens is 2. The van der Waals surface area contributed by atoms with E-state index in [0.717, 1.165) is 31.0 Å². The lowest BCUT2D eigenvalue weighted by Crippen LogP contribution is -2.36. The second-order valence-electron chi connectivity index (χ2n) is 4.98. The molecule has 0 unspecified atom stereocenters. The lowest BCUT2D eigenvalue weighted by Gasteiger charge is -2.20. The van der Waals surface area contributed by atoms with Gasteiger partial charge in [0.15, 0.2) is 0 Å². The van der Waals surface area contributed by atoms with Crippen LogP contribution < -0.4 is 5.32 Å². The van der Waals surface area contributed by atoms with Crippen LogP contribution in [0.4, 0.5) is 4.39 Å². The maximum Gasteiger partial charge on any atom is 0.252 e. The molecule has 0 aromatic heterocycles. The SMILES string of the molecule is O=C(NCCC(=O)N1CCCSCC1)c1cc(F)ccc1Br. The normalized spacial score (nSPS) is 15.3. The van der Waals surface area contributed by atoms with Gasteiger partial charge >= 0.3 is 0 Å². The lowest BCUT2D eigenvalue weighted by atomic mass is 10.2. The van der Waals surface area contributed by atoms with Gasteiger partial charge in [-0.05, 0) is 46.3 Å². The Kier molecular flexibility index (Phi) is 6.70. The van der Waals surface area contributed by atoms with Gasteiger partial charge in [0.05, 0.1) is 5.56 Å². The van der Waals surface area contributed by atoms with Crippen LogP contribution in [0.3, 0.4) is 0 Å². The minimum absolute atomic E-state index is 0.0566. The van der Waals surface area contributed by atoms with Crippen molar-refractivity contribution in [2.24, 2.45) is 0 Å². The Morgan fingerprint density at radius 3 is 2.95 bits per heavy atom. The van der Waals surface area contributed by atoms with Crippen LogP contribution in [0, 0.1) is 5.82 Å². The van der Waals surface area contributed by atoms with Gasteiger partial charge < -0.3 is 10.2 Å². The van der Waals surface area contributed by atoms with Gasteiger partial charge in [-0.1, -0.05) is 0 Å². The maximum absolute atomic E-state index is 13.2. The predicted molar refractivity (Wildman–Crippen MR) is 89.6 cm³/mol. The average molecular weight is 389 g/mol. The van der Waals surface area contributed by atoms with Crippen molar-refractivity contribution >= 4 is 39.5 Å². The summed E-state index contributed by atoms with van der Waals surface area (Å²) >= 11 is 5.08. The molecule has 4 nitrogen and oxygen atoms in total. The fourth-order valence-electron chi connectivity index (χ4n) is 2.20. The Morgan fingerprint density at radius 1 is 1.32 bits per heavy atom. The molecule has 2 amide bonds. The molecule has 0 bridgehead atoms. The van der Waals surface area contributed by atoms with E-state index in [1.807, 2.05) is 16.7 Å². The summed E-state index contributed by atoms with van der Waals surface area (Å²) in [4.78, 5) is 25.9. The monoisotopic (exact) mass is 388 g/mol. The van der Waals surface area contributed by atoms with Gasteiger partial charge in [-0.25, -0.2) is 4.39 Å². The molecule has 0 saturated carbocycles. The molecule has 0 radical (unpaired) electrons. The van der Waals surface area contributed by atoms with E-state index in [9.17, 15) is 14.0 Å². The highest BCUT2D eigenvalue weighted by Crippen LogP contribution is 2.17. The van der Waals surface area contributed by atoms with Gasteiger partial charge in [-0.2, -0.15) is 11.8 Å². The molecule has 0 atom stereocenters. The third-order valence-corrected chi connectivity index (χ3v) is 5.11. The molecule has 1 N–H and O–H groups in total. The number of rotatable bonds is 4. The number of nitrogens with one attached hydrogen (secondary N) is 1. The van der Waals surface area contributed by atoms with E-state index in [1.54, 1.807) is 0 Å². The molecular weight excluding hydrogens is 371 g/mol. The average Bonchev–Trinajstić information content (AvgIpc) is 2.78. The Morgan fingerprint density at radius 2 is 2.14 bits per heavy atom. The number of carbonyl (C=O) groups excluding carboxylic acids is 2. The van der Waals surface area contributed by atoms with Gasteiger partial charge in [0.2, 0.25) is 5.91 Å². The fraction of sp³-hybridized carbons (Fsp3) is 0.467. The Labute approximate surface area is 141 Å². The number of thioether (sulfide) groups is 1. The van der Waals surface area contributed by atoms with E-state index in [4.69, 9.17) is 0 Å². The molecule has 1 fully saturated rings. The second-order valence-corrected chi connectivity index (χ2v) is 7.06. The molecular formula is C15H18BrFN2O2S. The van der Waals surface area contributed by atoms with E-state index in [1.165, 1.54) is 18.2 Å². The van der Waals surface area contributed by atoms with E-state index >= 15 is 0 Å².